The summed E-state index contributed by atoms with van der Waals surface area (Å²) in [5.41, 5.74) is 3.85. The maximum Gasteiger partial charge on any atom is 0.218 e. The maximum atomic E-state index is 13.7. The summed E-state index contributed by atoms with van der Waals surface area (Å²) in [5, 5.41) is 18.6. The van der Waals surface area contributed by atoms with Gasteiger partial charge in [-0.25, -0.2) is 23.6 Å². The Balaban J connectivity index is 1.41. The van der Waals surface area contributed by atoms with Gasteiger partial charge in [-0.2, -0.15) is 0 Å². The van der Waals surface area contributed by atoms with E-state index in [1.165, 1.54) is 23.6 Å². The number of hydrogen-bond acceptors (Lipinski definition) is 8. The third-order valence-electron chi connectivity index (χ3n) is 5.16. The van der Waals surface area contributed by atoms with Crippen LogP contribution in [0, 0.1) is 12.7 Å². The van der Waals surface area contributed by atoms with E-state index in [0.29, 0.717) is 35.1 Å². The molecule has 0 aliphatic rings. The fourth-order valence-corrected chi connectivity index (χ4v) is 4.31. The molecule has 1 atom stereocenters. The van der Waals surface area contributed by atoms with Crippen molar-refractivity contribution in [1.29, 1.82) is 0 Å². The molecule has 11 heteroatoms. The van der Waals surface area contributed by atoms with Gasteiger partial charge in [0.2, 0.25) is 5.88 Å². The largest absolute Gasteiger partial charge is 0.481 e. The first-order chi connectivity index (χ1) is 16.0. The van der Waals surface area contributed by atoms with Crippen LogP contribution in [0.5, 0.6) is 5.88 Å². The molecule has 0 aliphatic heterocycles. The number of pyridine rings is 1. The van der Waals surface area contributed by atoms with Gasteiger partial charge in [-0.15, -0.1) is 21.5 Å². The first kappa shape index (κ1) is 21.0. The van der Waals surface area contributed by atoms with Gasteiger partial charge in [-0.1, -0.05) is 5.21 Å². The van der Waals surface area contributed by atoms with Crippen molar-refractivity contribution in [3.8, 4) is 17.3 Å². The monoisotopic (exact) mass is 464 g/mol. The molecule has 0 aromatic carbocycles. The van der Waals surface area contributed by atoms with E-state index in [1.54, 1.807) is 26.7 Å². The SMILES string of the molecule is COc1ncc(F)cc1[C@@H](C)Nc1ccc2ncc(-c3cn(Cc4csc(C)c4)nn3)n2n1. The van der Waals surface area contributed by atoms with Crippen LogP contribution in [0.2, 0.25) is 0 Å². The fourth-order valence-electron chi connectivity index (χ4n) is 3.61. The minimum absolute atomic E-state index is 0.296. The van der Waals surface area contributed by atoms with Crippen LogP contribution in [0.25, 0.3) is 17.0 Å². The van der Waals surface area contributed by atoms with Crippen LogP contribution >= 0.6 is 11.3 Å². The Labute approximate surface area is 192 Å². The number of anilines is 1. The first-order valence-electron chi connectivity index (χ1n) is 10.3. The number of aromatic nitrogens is 7. The number of thiophene rings is 1. The molecule has 0 radical (unpaired) electrons. The topological polar surface area (TPSA) is 95.0 Å². The van der Waals surface area contributed by atoms with E-state index in [4.69, 9.17) is 4.74 Å². The normalized spacial score (nSPS) is 12.2. The first-order valence-corrected chi connectivity index (χ1v) is 11.1. The van der Waals surface area contributed by atoms with E-state index >= 15 is 0 Å². The van der Waals surface area contributed by atoms with Gasteiger partial charge in [0.05, 0.1) is 38.3 Å². The van der Waals surface area contributed by atoms with Crippen molar-refractivity contribution < 1.29 is 9.13 Å². The number of aryl methyl sites for hydroxylation is 1. The molecule has 5 aromatic heterocycles. The second-order valence-electron chi connectivity index (χ2n) is 7.62. The van der Waals surface area contributed by atoms with Crippen molar-refractivity contribution in [3.63, 3.8) is 0 Å². The Kier molecular flexibility index (Phi) is 5.47. The molecule has 0 bridgehead atoms. The highest BCUT2D eigenvalue weighted by Gasteiger charge is 2.16. The number of hydrogen-bond donors (Lipinski definition) is 1. The molecule has 168 valence electrons. The van der Waals surface area contributed by atoms with Crippen LogP contribution in [0.4, 0.5) is 10.2 Å². The van der Waals surface area contributed by atoms with E-state index in [9.17, 15) is 4.39 Å². The molecule has 5 heterocycles. The zero-order valence-electron chi connectivity index (χ0n) is 18.2. The quantitative estimate of drug-likeness (QED) is 0.387. The molecule has 9 nitrogen and oxygen atoms in total. The lowest BCUT2D eigenvalue weighted by molar-refractivity contribution is 0.388. The summed E-state index contributed by atoms with van der Waals surface area (Å²) >= 11 is 1.71. The molecule has 0 saturated carbocycles. The lowest BCUT2D eigenvalue weighted by atomic mass is 10.1. The predicted molar refractivity (Wildman–Crippen MR) is 123 cm³/mol. The van der Waals surface area contributed by atoms with Crippen molar-refractivity contribution in [2.45, 2.75) is 26.4 Å². The number of nitrogens with one attached hydrogen (secondary N) is 1. The molecule has 0 unspecified atom stereocenters. The molecule has 5 aromatic rings. The van der Waals surface area contributed by atoms with E-state index in [1.807, 2.05) is 25.3 Å². The van der Waals surface area contributed by atoms with Crippen LogP contribution in [0.3, 0.4) is 0 Å². The fraction of sp³-hybridized carbons (Fsp3) is 0.227. The Hall–Kier alpha value is -3.86. The lowest BCUT2D eigenvalue weighted by Gasteiger charge is -2.17. The minimum atomic E-state index is -0.430. The van der Waals surface area contributed by atoms with Gasteiger partial charge in [0.25, 0.3) is 0 Å². The Morgan fingerprint density at radius 3 is 2.88 bits per heavy atom. The highest BCUT2D eigenvalue weighted by atomic mass is 32.1. The van der Waals surface area contributed by atoms with Gasteiger partial charge in [-0.05, 0) is 49.1 Å². The highest BCUT2D eigenvalue weighted by molar-refractivity contribution is 7.10. The zero-order chi connectivity index (χ0) is 22.9. The number of ether oxygens (including phenoxy) is 1. The number of methoxy groups -OCH3 is 1. The second-order valence-corrected chi connectivity index (χ2v) is 8.73. The van der Waals surface area contributed by atoms with Crippen LogP contribution < -0.4 is 10.1 Å². The minimum Gasteiger partial charge on any atom is -0.481 e. The van der Waals surface area contributed by atoms with E-state index in [-0.39, 0.29) is 6.04 Å². The maximum absolute atomic E-state index is 13.7. The van der Waals surface area contributed by atoms with E-state index in [0.717, 1.165) is 11.9 Å². The molecular formula is C22H21FN8OS. The Morgan fingerprint density at radius 1 is 1.21 bits per heavy atom. The molecule has 0 amide bonds. The second kappa shape index (κ2) is 8.58. The molecule has 5 rings (SSSR count). The number of rotatable bonds is 7. The third-order valence-corrected chi connectivity index (χ3v) is 6.07. The van der Waals surface area contributed by atoms with Crippen molar-refractivity contribution in [2.75, 3.05) is 12.4 Å². The van der Waals surface area contributed by atoms with E-state index < -0.39 is 5.82 Å². The van der Waals surface area contributed by atoms with Crippen molar-refractivity contribution in [1.82, 2.24) is 34.6 Å². The Bertz CT molecular complexity index is 1430. The van der Waals surface area contributed by atoms with Gasteiger partial charge < -0.3 is 10.1 Å². The molecular weight excluding hydrogens is 443 g/mol. The molecule has 0 fully saturated rings. The van der Waals surface area contributed by atoms with Gasteiger partial charge in [0.1, 0.15) is 23.0 Å². The lowest BCUT2D eigenvalue weighted by Crippen LogP contribution is -2.12. The summed E-state index contributed by atoms with van der Waals surface area (Å²) < 4.78 is 22.5. The average molecular weight is 465 g/mol. The summed E-state index contributed by atoms with van der Waals surface area (Å²) in [6, 6.07) is 6.92. The standard InChI is InChI=1S/C22H21FN8OS/c1-13-6-15(12-33-13)10-30-11-18(27-29-30)19-9-24-21-5-4-20(28-31(19)21)26-14(2)17-7-16(23)8-25-22(17)32-3/h4-9,11-12,14H,10H2,1-3H3,(H,26,28)/t14-/m1/s1. The summed E-state index contributed by atoms with van der Waals surface area (Å²) in [6.45, 7) is 4.62. The number of fused-ring (bicyclic) bond motifs is 1. The van der Waals surface area contributed by atoms with Gasteiger partial charge >= 0.3 is 0 Å². The van der Waals surface area contributed by atoms with Gasteiger partial charge in [0.15, 0.2) is 5.65 Å². The number of nitrogens with zero attached hydrogens (tertiary/aromatic N) is 7. The zero-order valence-corrected chi connectivity index (χ0v) is 19.0. The van der Waals surface area contributed by atoms with Crippen molar-refractivity contribution >= 4 is 22.8 Å². The highest BCUT2D eigenvalue weighted by Crippen LogP contribution is 2.27. The van der Waals surface area contributed by atoms with Gasteiger partial charge in [-0.3, -0.25) is 0 Å². The smallest absolute Gasteiger partial charge is 0.218 e. The van der Waals surface area contributed by atoms with Crippen LogP contribution in [-0.2, 0) is 6.54 Å². The Morgan fingerprint density at radius 2 is 2.09 bits per heavy atom. The van der Waals surface area contributed by atoms with Crippen LogP contribution in [0.1, 0.15) is 29.0 Å². The summed E-state index contributed by atoms with van der Waals surface area (Å²) in [6.07, 6.45) is 4.73. The van der Waals surface area contributed by atoms with Crippen LogP contribution in [-0.4, -0.2) is 41.7 Å². The molecule has 0 saturated heterocycles. The molecule has 33 heavy (non-hydrogen) atoms. The van der Waals surface area contributed by atoms with Crippen LogP contribution in [0.15, 0.2) is 48.2 Å². The third kappa shape index (κ3) is 4.27. The molecule has 0 spiro atoms. The van der Waals surface area contributed by atoms with Gasteiger partial charge in [0, 0.05) is 10.4 Å². The predicted octanol–water partition coefficient (Wildman–Crippen LogP) is 4.12. The summed E-state index contributed by atoms with van der Waals surface area (Å²) in [7, 11) is 1.51. The summed E-state index contributed by atoms with van der Waals surface area (Å²) in [4.78, 5) is 9.69. The van der Waals surface area contributed by atoms with E-state index in [2.05, 4.69) is 49.1 Å². The van der Waals surface area contributed by atoms with Crippen molar-refractivity contribution in [3.05, 3.63) is 70.1 Å². The summed E-state index contributed by atoms with van der Waals surface area (Å²) in [5.74, 6) is 0.514. The molecule has 0 aliphatic carbocycles. The van der Waals surface area contributed by atoms with Crippen molar-refractivity contribution in [2.24, 2.45) is 0 Å². The number of imidazole rings is 1. The molecule has 1 N–H and O–H groups in total. The average Bonchev–Trinajstić information content (AvgIpc) is 3.53. The number of halogens is 1.